The summed E-state index contributed by atoms with van der Waals surface area (Å²) in [5.41, 5.74) is 5.76. The number of likely N-dealkylation sites (tertiary alicyclic amines) is 1. The monoisotopic (exact) mass is 171 g/mol. The standard InChI is InChI=1S/C8H17N3O/c1-10-8(12)7(9)6-3-4-11(2)5-6/h6-7H,3-5,9H2,1-2H3,(H,10,12). The molecular weight excluding hydrogens is 154 g/mol. The Morgan fingerprint density at radius 2 is 2.42 bits per heavy atom. The average molecular weight is 171 g/mol. The van der Waals surface area contributed by atoms with E-state index in [0.29, 0.717) is 5.92 Å². The summed E-state index contributed by atoms with van der Waals surface area (Å²) >= 11 is 0. The summed E-state index contributed by atoms with van der Waals surface area (Å²) in [5, 5.41) is 2.57. The van der Waals surface area contributed by atoms with Crippen LogP contribution in [0.1, 0.15) is 6.42 Å². The lowest BCUT2D eigenvalue weighted by Crippen LogP contribution is -2.44. The third-order valence-corrected chi connectivity index (χ3v) is 2.48. The van der Waals surface area contributed by atoms with Crippen LogP contribution >= 0.6 is 0 Å². The number of nitrogens with one attached hydrogen (secondary N) is 1. The van der Waals surface area contributed by atoms with E-state index in [1.54, 1.807) is 7.05 Å². The van der Waals surface area contributed by atoms with E-state index in [4.69, 9.17) is 5.73 Å². The van der Waals surface area contributed by atoms with Crippen molar-refractivity contribution in [1.29, 1.82) is 0 Å². The van der Waals surface area contributed by atoms with E-state index in [-0.39, 0.29) is 11.9 Å². The molecule has 1 amide bonds. The first-order valence-corrected chi connectivity index (χ1v) is 4.31. The predicted molar refractivity (Wildman–Crippen MR) is 47.6 cm³/mol. The van der Waals surface area contributed by atoms with Crippen molar-refractivity contribution in [2.24, 2.45) is 11.7 Å². The Morgan fingerprint density at radius 3 is 2.83 bits per heavy atom. The fraction of sp³-hybridized carbons (Fsp3) is 0.875. The van der Waals surface area contributed by atoms with Gasteiger partial charge in [-0.1, -0.05) is 0 Å². The van der Waals surface area contributed by atoms with Crippen molar-refractivity contribution in [3.05, 3.63) is 0 Å². The highest BCUT2D eigenvalue weighted by Gasteiger charge is 2.28. The van der Waals surface area contributed by atoms with Crippen LogP contribution in [0.15, 0.2) is 0 Å². The molecule has 70 valence electrons. The second kappa shape index (κ2) is 3.87. The summed E-state index contributed by atoms with van der Waals surface area (Å²) in [6, 6.07) is -0.333. The molecule has 0 aliphatic carbocycles. The van der Waals surface area contributed by atoms with Crippen molar-refractivity contribution in [1.82, 2.24) is 10.2 Å². The van der Waals surface area contributed by atoms with Gasteiger partial charge in [-0.25, -0.2) is 0 Å². The molecule has 1 fully saturated rings. The minimum Gasteiger partial charge on any atom is -0.358 e. The molecule has 12 heavy (non-hydrogen) atoms. The molecule has 0 aromatic rings. The van der Waals surface area contributed by atoms with Crippen LogP contribution in [0.3, 0.4) is 0 Å². The van der Waals surface area contributed by atoms with E-state index in [1.165, 1.54) is 0 Å². The number of nitrogens with zero attached hydrogens (tertiary/aromatic N) is 1. The van der Waals surface area contributed by atoms with Gasteiger partial charge in [0.05, 0.1) is 6.04 Å². The summed E-state index contributed by atoms with van der Waals surface area (Å²) in [6.07, 6.45) is 1.03. The zero-order chi connectivity index (χ0) is 9.14. The Bertz CT molecular complexity index is 172. The Labute approximate surface area is 73.1 Å². The van der Waals surface area contributed by atoms with Crippen LogP contribution in [0.4, 0.5) is 0 Å². The number of carbonyl (C=O) groups excluding carboxylic acids is 1. The van der Waals surface area contributed by atoms with Crippen molar-refractivity contribution in [2.45, 2.75) is 12.5 Å². The number of carbonyl (C=O) groups is 1. The third-order valence-electron chi connectivity index (χ3n) is 2.48. The summed E-state index contributed by atoms with van der Waals surface area (Å²) in [7, 11) is 3.68. The van der Waals surface area contributed by atoms with Gasteiger partial charge in [0, 0.05) is 13.6 Å². The molecule has 2 unspecified atom stereocenters. The summed E-state index contributed by atoms with van der Waals surface area (Å²) in [6.45, 7) is 1.99. The first-order valence-electron chi connectivity index (χ1n) is 4.31. The molecular formula is C8H17N3O. The molecule has 1 aliphatic heterocycles. The Hall–Kier alpha value is -0.610. The molecule has 0 bridgehead atoms. The Balaban J connectivity index is 2.42. The zero-order valence-corrected chi connectivity index (χ0v) is 7.71. The summed E-state index contributed by atoms with van der Waals surface area (Å²) in [4.78, 5) is 13.4. The number of amides is 1. The van der Waals surface area contributed by atoms with Crippen LogP contribution in [0.5, 0.6) is 0 Å². The second-order valence-electron chi connectivity index (χ2n) is 3.45. The van der Waals surface area contributed by atoms with Gasteiger partial charge in [-0.2, -0.15) is 0 Å². The molecule has 1 saturated heterocycles. The topological polar surface area (TPSA) is 58.4 Å². The maximum atomic E-state index is 11.2. The molecule has 1 heterocycles. The molecule has 0 radical (unpaired) electrons. The van der Waals surface area contributed by atoms with Crippen LogP contribution in [0, 0.1) is 5.92 Å². The van der Waals surface area contributed by atoms with Gasteiger partial charge >= 0.3 is 0 Å². The van der Waals surface area contributed by atoms with E-state index in [2.05, 4.69) is 17.3 Å². The van der Waals surface area contributed by atoms with Gasteiger partial charge in [-0.05, 0) is 25.9 Å². The third kappa shape index (κ3) is 1.95. The molecule has 2 atom stereocenters. The summed E-state index contributed by atoms with van der Waals surface area (Å²) in [5.74, 6) is 0.283. The normalized spacial score (nSPS) is 27.1. The van der Waals surface area contributed by atoms with Crippen molar-refractivity contribution in [3.63, 3.8) is 0 Å². The average Bonchev–Trinajstić information content (AvgIpc) is 2.49. The molecule has 4 nitrogen and oxygen atoms in total. The molecule has 1 rings (SSSR count). The van der Waals surface area contributed by atoms with Crippen LogP contribution in [-0.4, -0.2) is 44.0 Å². The lowest BCUT2D eigenvalue weighted by Gasteiger charge is -2.16. The smallest absolute Gasteiger partial charge is 0.236 e. The molecule has 0 aromatic carbocycles. The highest BCUT2D eigenvalue weighted by molar-refractivity contribution is 5.81. The highest BCUT2D eigenvalue weighted by atomic mass is 16.2. The fourth-order valence-corrected chi connectivity index (χ4v) is 1.64. The number of likely N-dealkylation sites (N-methyl/N-ethyl adjacent to an activating group) is 1. The van der Waals surface area contributed by atoms with Gasteiger partial charge < -0.3 is 16.0 Å². The molecule has 0 saturated carbocycles. The van der Waals surface area contributed by atoms with Gasteiger partial charge in [-0.3, -0.25) is 4.79 Å². The maximum Gasteiger partial charge on any atom is 0.236 e. The van der Waals surface area contributed by atoms with E-state index in [0.717, 1.165) is 19.5 Å². The van der Waals surface area contributed by atoms with Gasteiger partial charge in [0.15, 0.2) is 0 Å². The molecule has 4 heteroatoms. The largest absolute Gasteiger partial charge is 0.358 e. The Kier molecular flexibility index (Phi) is 3.05. The molecule has 0 spiro atoms. The van der Waals surface area contributed by atoms with Gasteiger partial charge in [0.2, 0.25) is 5.91 Å². The van der Waals surface area contributed by atoms with Crippen LogP contribution < -0.4 is 11.1 Å². The first kappa shape index (κ1) is 9.48. The van der Waals surface area contributed by atoms with Crippen LogP contribution in [0.25, 0.3) is 0 Å². The Morgan fingerprint density at radius 1 is 1.75 bits per heavy atom. The summed E-state index contributed by atoms with van der Waals surface area (Å²) < 4.78 is 0. The minimum absolute atomic E-state index is 0.0460. The van der Waals surface area contributed by atoms with Crippen LogP contribution in [-0.2, 0) is 4.79 Å². The van der Waals surface area contributed by atoms with Gasteiger partial charge in [-0.15, -0.1) is 0 Å². The van der Waals surface area contributed by atoms with Crippen molar-refractivity contribution < 1.29 is 4.79 Å². The quantitative estimate of drug-likeness (QED) is 0.561. The minimum atomic E-state index is -0.333. The number of hydrogen-bond acceptors (Lipinski definition) is 3. The number of nitrogens with two attached hydrogens (primary N) is 1. The number of hydrogen-bond donors (Lipinski definition) is 2. The van der Waals surface area contributed by atoms with Crippen LogP contribution in [0.2, 0.25) is 0 Å². The molecule has 3 N–H and O–H groups in total. The molecule has 0 aromatic heterocycles. The maximum absolute atomic E-state index is 11.2. The fourth-order valence-electron chi connectivity index (χ4n) is 1.64. The highest BCUT2D eigenvalue weighted by Crippen LogP contribution is 2.16. The van der Waals surface area contributed by atoms with E-state index < -0.39 is 0 Å². The van der Waals surface area contributed by atoms with E-state index in [1.807, 2.05) is 0 Å². The number of rotatable bonds is 2. The van der Waals surface area contributed by atoms with Gasteiger partial charge in [0.25, 0.3) is 0 Å². The first-order chi connectivity index (χ1) is 5.65. The predicted octanol–water partition coefficient (Wildman–Crippen LogP) is -0.989. The molecule has 1 aliphatic rings. The lowest BCUT2D eigenvalue weighted by molar-refractivity contribution is -0.122. The van der Waals surface area contributed by atoms with Crippen molar-refractivity contribution in [2.75, 3.05) is 27.2 Å². The lowest BCUT2D eigenvalue weighted by atomic mass is 9.99. The van der Waals surface area contributed by atoms with Gasteiger partial charge in [0.1, 0.15) is 0 Å². The second-order valence-corrected chi connectivity index (χ2v) is 3.45. The van der Waals surface area contributed by atoms with E-state index in [9.17, 15) is 4.79 Å². The zero-order valence-electron chi connectivity index (χ0n) is 7.71. The SMILES string of the molecule is CNC(=O)C(N)C1CCN(C)C1. The van der Waals surface area contributed by atoms with Crippen molar-refractivity contribution >= 4 is 5.91 Å². The van der Waals surface area contributed by atoms with Crippen molar-refractivity contribution in [3.8, 4) is 0 Å². The van der Waals surface area contributed by atoms with E-state index >= 15 is 0 Å².